The van der Waals surface area contributed by atoms with Crippen LogP contribution in [0.15, 0.2) is 0 Å². The highest BCUT2D eigenvalue weighted by atomic mass is 32.2. The van der Waals surface area contributed by atoms with E-state index in [1.807, 2.05) is 0 Å². The SMILES string of the molecule is CC1(C(=O)O)CCCN1C(=O)NCCCNS(C)(=O)=O. The first kappa shape index (κ1) is 16.7. The van der Waals surface area contributed by atoms with Gasteiger partial charge in [-0.15, -0.1) is 0 Å². The lowest BCUT2D eigenvalue weighted by Gasteiger charge is -2.31. The number of carboxylic acid groups (broad SMARTS) is 1. The number of urea groups is 1. The molecule has 1 unspecified atom stereocenters. The zero-order chi connectivity index (χ0) is 15.4. The van der Waals surface area contributed by atoms with Crippen molar-refractivity contribution < 1.29 is 23.1 Å². The summed E-state index contributed by atoms with van der Waals surface area (Å²) in [5.74, 6) is -1.01. The maximum atomic E-state index is 11.9. The number of hydrogen-bond donors (Lipinski definition) is 3. The van der Waals surface area contributed by atoms with Crippen molar-refractivity contribution >= 4 is 22.0 Å². The highest BCUT2D eigenvalue weighted by Gasteiger charge is 2.45. The molecule has 0 saturated carbocycles. The molecule has 9 heteroatoms. The zero-order valence-corrected chi connectivity index (χ0v) is 12.5. The van der Waals surface area contributed by atoms with Gasteiger partial charge in [-0.2, -0.15) is 0 Å². The Morgan fingerprint density at radius 1 is 1.35 bits per heavy atom. The number of rotatable bonds is 6. The van der Waals surface area contributed by atoms with Gasteiger partial charge in [0, 0.05) is 19.6 Å². The lowest BCUT2D eigenvalue weighted by Crippen LogP contribution is -2.54. The predicted molar refractivity (Wildman–Crippen MR) is 72.8 cm³/mol. The van der Waals surface area contributed by atoms with Gasteiger partial charge in [-0.1, -0.05) is 0 Å². The third-order valence-corrected chi connectivity index (χ3v) is 4.07. The van der Waals surface area contributed by atoms with Crippen LogP contribution in [-0.2, 0) is 14.8 Å². The molecule has 1 heterocycles. The van der Waals surface area contributed by atoms with Gasteiger partial charge in [0.1, 0.15) is 5.54 Å². The molecule has 3 N–H and O–H groups in total. The number of aliphatic carboxylic acids is 1. The Bertz CT molecular complexity index is 478. The van der Waals surface area contributed by atoms with Crippen molar-refractivity contribution in [3.05, 3.63) is 0 Å². The van der Waals surface area contributed by atoms with Gasteiger partial charge in [-0.05, 0) is 26.2 Å². The lowest BCUT2D eigenvalue weighted by molar-refractivity contribution is -0.147. The number of nitrogens with one attached hydrogen (secondary N) is 2. The fourth-order valence-corrected chi connectivity index (χ4v) is 2.66. The molecule has 0 aliphatic carbocycles. The fourth-order valence-electron chi connectivity index (χ4n) is 2.15. The average molecular weight is 307 g/mol. The Kier molecular flexibility index (Phi) is 5.35. The first-order valence-corrected chi connectivity index (χ1v) is 8.29. The van der Waals surface area contributed by atoms with Crippen LogP contribution in [0.4, 0.5) is 4.79 Å². The Morgan fingerprint density at radius 2 is 2.00 bits per heavy atom. The number of nitrogens with zero attached hydrogens (tertiary/aromatic N) is 1. The lowest BCUT2D eigenvalue weighted by atomic mass is 10.00. The number of likely N-dealkylation sites (tertiary alicyclic amines) is 1. The van der Waals surface area contributed by atoms with E-state index < -0.39 is 27.6 Å². The highest BCUT2D eigenvalue weighted by molar-refractivity contribution is 7.88. The topological polar surface area (TPSA) is 116 Å². The molecule has 1 aliphatic rings. The molecule has 1 rings (SSSR count). The molecule has 1 atom stereocenters. The number of carbonyl (C=O) groups is 2. The Labute approximate surface area is 118 Å². The van der Waals surface area contributed by atoms with E-state index in [0.717, 1.165) is 6.26 Å². The molecule has 8 nitrogen and oxygen atoms in total. The second kappa shape index (κ2) is 6.40. The summed E-state index contributed by atoms with van der Waals surface area (Å²) in [5, 5.41) is 11.8. The molecule has 0 spiro atoms. The minimum Gasteiger partial charge on any atom is -0.480 e. The number of carboxylic acids is 1. The van der Waals surface area contributed by atoms with E-state index >= 15 is 0 Å². The van der Waals surface area contributed by atoms with Crippen LogP contribution in [0.1, 0.15) is 26.2 Å². The van der Waals surface area contributed by atoms with Gasteiger partial charge in [0.25, 0.3) is 0 Å². The first-order valence-electron chi connectivity index (χ1n) is 6.40. The predicted octanol–water partition coefficient (Wildman–Crippen LogP) is -0.426. The van der Waals surface area contributed by atoms with Crippen LogP contribution in [-0.4, -0.2) is 61.9 Å². The number of hydrogen-bond acceptors (Lipinski definition) is 4. The standard InChI is InChI=1S/C11H21N3O5S/c1-11(9(15)16)5-3-8-14(11)10(17)12-6-4-7-13-20(2,18)19/h13H,3-8H2,1-2H3,(H,12,17)(H,15,16). The highest BCUT2D eigenvalue weighted by Crippen LogP contribution is 2.28. The summed E-state index contributed by atoms with van der Waals surface area (Å²) in [6.07, 6.45) is 2.60. The van der Waals surface area contributed by atoms with Crippen molar-refractivity contribution in [2.45, 2.75) is 31.7 Å². The molecule has 0 aromatic carbocycles. The molecular weight excluding hydrogens is 286 g/mol. The van der Waals surface area contributed by atoms with Crippen LogP contribution in [0.25, 0.3) is 0 Å². The van der Waals surface area contributed by atoms with Crippen molar-refractivity contribution in [3.63, 3.8) is 0 Å². The van der Waals surface area contributed by atoms with Gasteiger partial charge in [0.15, 0.2) is 0 Å². The normalized spacial score (nSPS) is 22.8. The molecule has 0 aromatic rings. The van der Waals surface area contributed by atoms with E-state index in [2.05, 4.69) is 10.0 Å². The molecule has 0 bridgehead atoms. The zero-order valence-electron chi connectivity index (χ0n) is 11.7. The monoisotopic (exact) mass is 307 g/mol. The summed E-state index contributed by atoms with van der Waals surface area (Å²) in [5.41, 5.74) is -1.16. The van der Waals surface area contributed by atoms with Gasteiger partial charge in [0.05, 0.1) is 6.26 Å². The molecule has 116 valence electrons. The smallest absolute Gasteiger partial charge is 0.329 e. The van der Waals surface area contributed by atoms with Crippen LogP contribution in [0.2, 0.25) is 0 Å². The van der Waals surface area contributed by atoms with Gasteiger partial charge >= 0.3 is 12.0 Å². The number of amides is 2. The molecular formula is C11H21N3O5S. The Balaban J connectivity index is 2.38. The Morgan fingerprint density at radius 3 is 2.55 bits per heavy atom. The quantitative estimate of drug-likeness (QED) is 0.576. The van der Waals surface area contributed by atoms with E-state index in [0.29, 0.717) is 25.8 Å². The maximum absolute atomic E-state index is 11.9. The molecule has 1 fully saturated rings. The van der Waals surface area contributed by atoms with Crippen molar-refractivity contribution in [1.29, 1.82) is 0 Å². The minimum absolute atomic E-state index is 0.231. The van der Waals surface area contributed by atoms with Gasteiger partial charge in [-0.3, -0.25) is 0 Å². The third kappa shape index (κ3) is 4.34. The Hall–Kier alpha value is -1.35. The third-order valence-electron chi connectivity index (χ3n) is 3.34. The summed E-state index contributed by atoms with van der Waals surface area (Å²) >= 11 is 0. The number of sulfonamides is 1. The van der Waals surface area contributed by atoms with Gasteiger partial charge in [0.2, 0.25) is 10.0 Å². The average Bonchev–Trinajstić information content (AvgIpc) is 2.70. The largest absolute Gasteiger partial charge is 0.480 e. The van der Waals surface area contributed by atoms with E-state index in [1.54, 1.807) is 0 Å². The summed E-state index contributed by atoms with van der Waals surface area (Å²) in [6, 6.07) is -0.424. The molecule has 1 aliphatic heterocycles. The summed E-state index contributed by atoms with van der Waals surface area (Å²) in [4.78, 5) is 24.5. The summed E-state index contributed by atoms with van der Waals surface area (Å²) in [7, 11) is -3.22. The first-order chi connectivity index (χ1) is 9.17. The number of carbonyl (C=O) groups excluding carboxylic acids is 1. The fraction of sp³-hybridized carbons (Fsp3) is 0.818. The molecule has 2 amide bonds. The second-order valence-corrected chi connectivity index (χ2v) is 6.92. The van der Waals surface area contributed by atoms with Crippen molar-refractivity contribution in [1.82, 2.24) is 14.9 Å². The van der Waals surface area contributed by atoms with Crippen molar-refractivity contribution in [2.75, 3.05) is 25.9 Å². The molecule has 0 radical (unpaired) electrons. The van der Waals surface area contributed by atoms with E-state index in [9.17, 15) is 23.1 Å². The van der Waals surface area contributed by atoms with E-state index in [1.165, 1.54) is 11.8 Å². The van der Waals surface area contributed by atoms with Crippen LogP contribution in [0.3, 0.4) is 0 Å². The van der Waals surface area contributed by atoms with Gasteiger partial charge in [-0.25, -0.2) is 22.7 Å². The molecule has 1 saturated heterocycles. The summed E-state index contributed by atoms with van der Waals surface area (Å²) < 4.78 is 24.0. The van der Waals surface area contributed by atoms with Gasteiger partial charge < -0.3 is 15.3 Å². The van der Waals surface area contributed by atoms with Crippen LogP contribution >= 0.6 is 0 Å². The van der Waals surface area contributed by atoms with Crippen molar-refractivity contribution in [3.8, 4) is 0 Å². The second-order valence-electron chi connectivity index (χ2n) is 5.09. The summed E-state index contributed by atoms with van der Waals surface area (Å²) in [6.45, 7) is 2.46. The van der Waals surface area contributed by atoms with Crippen LogP contribution in [0, 0.1) is 0 Å². The molecule has 20 heavy (non-hydrogen) atoms. The maximum Gasteiger partial charge on any atom is 0.329 e. The van der Waals surface area contributed by atoms with E-state index in [4.69, 9.17) is 0 Å². The minimum atomic E-state index is -3.22. The van der Waals surface area contributed by atoms with Crippen molar-refractivity contribution in [2.24, 2.45) is 0 Å². The van der Waals surface area contributed by atoms with Crippen LogP contribution in [0.5, 0.6) is 0 Å². The molecule has 0 aromatic heterocycles. The van der Waals surface area contributed by atoms with Crippen LogP contribution < -0.4 is 10.0 Å². The van der Waals surface area contributed by atoms with E-state index in [-0.39, 0.29) is 13.1 Å².